The Bertz CT molecular complexity index is 673. The summed E-state index contributed by atoms with van der Waals surface area (Å²) in [5.74, 6) is 0.111. The summed E-state index contributed by atoms with van der Waals surface area (Å²) in [6.07, 6.45) is 9.20. The van der Waals surface area contributed by atoms with Crippen LogP contribution in [0.2, 0.25) is 0 Å². The molecule has 0 amide bonds. The number of allylic oxidation sites excluding steroid dienone is 3. The summed E-state index contributed by atoms with van der Waals surface area (Å²) in [6, 6.07) is 8.07. The summed E-state index contributed by atoms with van der Waals surface area (Å²) in [6.45, 7) is 11.4. The fraction of sp³-hybridized carbons (Fsp3) is 0.522. The lowest BCUT2D eigenvalue weighted by Gasteiger charge is -2.42. The Morgan fingerprint density at radius 1 is 1.16 bits per heavy atom. The maximum absolute atomic E-state index is 11.6. The van der Waals surface area contributed by atoms with Gasteiger partial charge in [-0.05, 0) is 49.2 Å². The number of hydrogen-bond donors (Lipinski definition) is 1. The topological polar surface area (TPSA) is 43.1 Å². The molecule has 0 aromatic heterocycles. The molecule has 1 aliphatic carbocycles. The molecule has 0 unspecified atom stereocenters. The van der Waals surface area contributed by atoms with Gasteiger partial charge in [0.1, 0.15) is 0 Å². The van der Waals surface area contributed by atoms with E-state index in [9.17, 15) is 4.79 Å². The van der Waals surface area contributed by atoms with Crippen LogP contribution in [0.1, 0.15) is 76.2 Å². The van der Waals surface area contributed by atoms with Crippen LogP contribution in [0.3, 0.4) is 0 Å². The highest BCUT2D eigenvalue weighted by molar-refractivity contribution is 5.94. The number of rotatable bonds is 5. The van der Waals surface area contributed by atoms with Gasteiger partial charge in [-0.25, -0.2) is 0 Å². The zero-order chi connectivity index (χ0) is 18.7. The van der Waals surface area contributed by atoms with E-state index in [1.807, 2.05) is 12.1 Å². The smallest absolute Gasteiger partial charge is 0.159 e. The second-order valence-corrected chi connectivity index (χ2v) is 7.76. The van der Waals surface area contributed by atoms with Gasteiger partial charge in [0, 0.05) is 17.5 Å². The van der Waals surface area contributed by atoms with Gasteiger partial charge in [0.15, 0.2) is 5.78 Å². The molecule has 0 fully saturated rings. The van der Waals surface area contributed by atoms with E-state index in [4.69, 9.17) is 5.73 Å². The fourth-order valence-electron chi connectivity index (χ4n) is 4.63. The Labute approximate surface area is 153 Å². The largest absolute Gasteiger partial charge is 0.327 e. The van der Waals surface area contributed by atoms with Crippen molar-refractivity contribution in [3.63, 3.8) is 0 Å². The molecule has 2 rings (SSSR count). The lowest BCUT2D eigenvalue weighted by atomic mass is 9.62. The number of carbonyl (C=O) groups excluding carboxylic acids is 1. The normalized spacial score (nSPS) is 20.9. The van der Waals surface area contributed by atoms with Crippen LogP contribution in [-0.2, 0) is 0 Å². The molecule has 1 aromatic rings. The highest BCUT2D eigenvalue weighted by Crippen LogP contribution is 2.55. The maximum atomic E-state index is 11.6. The second kappa shape index (κ2) is 7.70. The monoisotopic (exact) mass is 339 g/mol. The van der Waals surface area contributed by atoms with Crippen molar-refractivity contribution in [3.05, 3.63) is 53.1 Å². The van der Waals surface area contributed by atoms with E-state index in [1.165, 1.54) is 23.1 Å². The number of ketones is 1. The molecule has 0 atom stereocenters. The Kier molecular flexibility index (Phi) is 6.05. The van der Waals surface area contributed by atoms with Crippen molar-refractivity contribution in [2.45, 2.75) is 60.3 Å². The van der Waals surface area contributed by atoms with Crippen LogP contribution in [0.25, 0.3) is 5.57 Å². The van der Waals surface area contributed by atoms with E-state index < -0.39 is 0 Å². The molecule has 0 bridgehead atoms. The quantitative estimate of drug-likeness (QED) is 0.545. The highest BCUT2D eigenvalue weighted by Gasteiger charge is 2.42. The van der Waals surface area contributed by atoms with Gasteiger partial charge < -0.3 is 5.73 Å². The lowest BCUT2D eigenvalue weighted by Crippen LogP contribution is -2.31. The standard InChI is InChI=1S/C23H33NO/c1-6-23(7-2)15-8-9-20(22(4,5)21(23)14-16-24)19-12-10-18(11-13-19)17(3)25/h9-14H,6-8,15-16,24H2,1-5H3/b21-14-. The average Bonchev–Trinajstić information content (AvgIpc) is 2.71. The van der Waals surface area contributed by atoms with Gasteiger partial charge in [-0.3, -0.25) is 4.79 Å². The number of benzene rings is 1. The molecule has 0 saturated heterocycles. The second-order valence-electron chi connectivity index (χ2n) is 7.76. The van der Waals surface area contributed by atoms with Gasteiger partial charge in [0.25, 0.3) is 0 Å². The van der Waals surface area contributed by atoms with E-state index >= 15 is 0 Å². The Morgan fingerprint density at radius 2 is 1.76 bits per heavy atom. The van der Waals surface area contributed by atoms with Crippen molar-refractivity contribution in [2.24, 2.45) is 16.6 Å². The first-order chi connectivity index (χ1) is 11.8. The van der Waals surface area contributed by atoms with Gasteiger partial charge in [-0.1, -0.05) is 69.7 Å². The van der Waals surface area contributed by atoms with Crippen molar-refractivity contribution in [2.75, 3.05) is 6.54 Å². The molecule has 0 aliphatic heterocycles. The summed E-state index contributed by atoms with van der Waals surface area (Å²) in [7, 11) is 0. The van der Waals surface area contributed by atoms with Crippen LogP contribution in [0.4, 0.5) is 0 Å². The van der Waals surface area contributed by atoms with Crippen molar-refractivity contribution in [3.8, 4) is 0 Å². The average molecular weight is 340 g/mol. The lowest BCUT2D eigenvalue weighted by molar-refractivity contribution is 0.101. The molecular weight excluding hydrogens is 306 g/mol. The minimum Gasteiger partial charge on any atom is -0.327 e. The third kappa shape index (κ3) is 3.64. The first-order valence-electron chi connectivity index (χ1n) is 9.55. The van der Waals surface area contributed by atoms with E-state index in [0.717, 1.165) is 24.8 Å². The molecule has 2 nitrogen and oxygen atoms in total. The Hall–Kier alpha value is -1.67. The predicted molar refractivity (Wildman–Crippen MR) is 108 cm³/mol. The minimum atomic E-state index is -0.0698. The zero-order valence-electron chi connectivity index (χ0n) is 16.5. The van der Waals surface area contributed by atoms with Crippen molar-refractivity contribution in [1.29, 1.82) is 0 Å². The van der Waals surface area contributed by atoms with E-state index in [-0.39, 0.29) is 16.6 Å². The molecule has 0 radical (unpaired) electrons. The van der Waals surface area contributed by atoms with Crippen LogP contribution < -0.4 is 5.73 Å². The molecule has 0 saturated carbocycles. The molecule has 1 aliphatic rings. The third-order valence-corrected chi connectivity index (χ3v) is 6.17. The summed E-state index contributed by atoms with van der Waals surface area (Å²) in [5.41, 5.74) is 10.9. The molecular formula is C23H33NO. The predicted octanol–water partition coefficient (Wildman–Crippen LogP) is 5.78. The van der Waals surface area contributed by atoms with Gasteiger partial charge in [0.05, 0.1) is 0 Å². The molecule has 0 spiro atoms. The molecule has 1 aromatic carbocycles. The number of Topliss-reactive ketones (excluding diaryl/α,β-unsaturated/α-hetero) is 1. The first kappa shape index (κ1) is 19.7. The summed E-state index contributed by atoms with van der Waals surface area (Å²) in [4.78, 5) is 11.6. The number of carbonyl (C=O) groups is 1. The summed E-state index contributed by atoms with van der Waals surface area (Å²) >= 11 is 0. The van der Waals surface area contributed by atoms with Crippen molar-refractivity contribution in [1.82, 2.24) is 0 Å². The van der Waals surface area contributed by atoms with E-state index in [0.29, 0.717) is 6.54 Å². The number of nitrogens with two attached hydrogens (primary N) is 1. The van der Waals surface area contributed by atoms with Crippen molar-refractivity contribution >= 4 is 11.4 Å². The van der Waals surface area contributed by atoms with E-state index in [2.05, 4.69) is 52.0 Å². The SMILES string of the molecule is CCC1(CC)CCC=C(c2ccc(C(C)=O)cc2)C(C)(C)/C1=C/CN. The van der Waals surface area contributed by atoms with Crippen LogP contribution in [-0.4, -0.2) is 12.3 Å². The molecule has 2 heteroatoms. The van der Waals surface area contributed by atoms with Gasteiger partial charge in [0.2, 0.25) is 0 Å². The van der Waals surface area contributed by atoms with Gasteiger partial charge in [-0.2, -0.15) is 0 Å². The number of hydrogen-bond acceptors (Lipinski definition) is 2. The van der Waals surface area contributed by atoms with E-state index in [1.54, 1.807) is 6.92 Å². The first-order valence-corrected chi connectivity index (χ1v) is 9.55. The van der Waals surface area contributed by atoms with Gasteiger partial charge >= 0.3 is 0 Å². The molecule has 0 heterocycles. The summed E-state index contributed by atoms with van der Waals surface area (Å²) < 4.78 is 0. The van der Waals surface area contributed by atoms with Crippen LogP contribution in [0.15, 0.2) is 42.0 Å². The third-order valence-electron chi connectivity index (χ3n) is 6.17. The van der Waals surface area contributed by atoms with Crippen LogP contribution in [0.5, 0.6) is 0 Å². The van der Waals surface area contributed by atoms with Crippen LogP contribution in [0, 0.1) is 10.8 Å². The fourth-order valence-corrected chi connectivity index (χ4v) is 4.63. The molecule has 136 valence electrons. The summed E-state index contributed by atoms with van der Waals surface area (Å²) in [5, 5.41) is 0. The van der Waals surface area contributed by atoms with Crippen molar-refractivity contribution < 1.29 is 4.79 Å². The van der Waals surface area contributed by atoms with Gasteiger partial charge in [-0.15, -0.1) is 0 Å². The molecule has 2 N–H and O–H groups in total. The Morgan fingerprint density at radius 3 is 2.24 bits per heavy atom. The maximum Gasteiger partial charge on any atom is 0.159 e. The molecule has 25 heavy (non-hydrogen) atoms. The Balaban J connectivity index is 2.55. The minimum absolute atomic E-state index is 0.0698. The zero-order valence-corrected chi connectivity index (χ0v) is 16.5. The van der Waals surface area contributed by atoms with Crippen LogP contribution >= 0.6 is 0 Å². The highest BCUT2D eigenvalue weighted by atomic mass is 16.1.